The molecule has 4 aromatic rings. The summed E-state index contributed by atoms with van der Waals surface area (Å²) < 4.78 is 64.5. The fourth-order valence-corrected chi connectivity index (χ4v) is 5.11. The average molecular weight is 602 g/mol. The Morgan fingerprint density at radius 1 is 0.976 bits per heavy atom. The number of nitrogens with one attached hydrogen (secondary N) is 1. The number of halogens is 3. The van der Waals surface area contributed by atoms with Gasteiger partial charge in [0.05, 0.1) is 23.1 Å². The van der Waals surface area contributed by atoms with E-state index in [1.54, 1.807) is 35.2 Å². The lowest BCUT2D eigenvalue weighted by Crippen LogP contribution is -2.49. The number of benzene rings is 2. The maximum atomic E-state index is 14.1. The van der Waals surface area contributed by atoms with Crippen LogP contribution in [0.2, 0.25) is 0 Å². The van der Waals surface area contributed by atoms with Gasteiger partial charge in [0, 0.05) is 31.7 Å². The maximum Gasteiger partial charge on any atom is 0.451 e. The molecule has 218 valence electrons. The molecule has 0 bridgehead atoms. The predicted molar refractivity (Wildman–Crippen MR) is 145 cm³/mol. The number of rotatable bonds is 7. The fraction of sp³-hybridized carbons (Fsp3) is 0.231. The molecule has 0 radical (unpaired) electrons. The number of anilines is 1. The van der Waals surface area contributed by atoms with E-state index in [2.05, 4.69) is 20.2 Å². The van der Waals surface area contributed by atoms with Gasteiger partial charge in [-0.2, -0.15) is 13.2 Å². The van der Waals surface area contributed by atoms with E-state index in [4.69, 9.17) is 0 Å². The van der Waals surface area contributed by atoms with Crippen molar-refractivity contribution in [1.82, 2.24) is 25.1 Å². The number of aromatic amines is 1. The highest BCUT2D eigenvalue weighted by atomic mass is 32.2. The standard InChI is InChI=1S/C26H22F3N7O5S/c27-26(28,29)25-30-22(18-8-6-16(7-9-18)15-42(40)41)21(17-4-2-1-3-5-17)23(31-25)34-10-12-35(13-11-34)24(37)19-14-20(33-32-19)36(38)39/h1-9,14,42H,10-13,15H2,(H,32,33). The number of piperazine rings is 1. The summed E-state index contributed by atoms with van der Waals surface area (Å²) >= 11 is 0. The van der Waals surface area contributed by atoms with Gasteiger partial charge in [-0.25, -0.2) is 18.4 Å². The van der Waals surface area contributed by atoms with Gasteiger partial charge in [-0.1, -0.05) is 59.7 Å². The third-order valence-corrected chi connectivity index (χ3v) is 7.21. The Bertz CT molecular complexity index is 1690. The van der Waals surface area contributed by atoms with Gasteiger partial charge in [-0.05, 0) is 16.1 Å². The van der Waals surface area contributed by atoms with E-state index >= 15 is 0 Å². The first-order valence-corrected chi connectivity index (χ1v) is 13.9. The van der Waals surface area contributed by atoms with Gasteiger partial charge >= 0.3 is 12.0 Å². The lowest BCUT2D eigenvalue weighted by molar-refractivity contribution is -0.389. The highest BCUT2D eigenvalue weighted by molar-refractivity contribution is 7.71. The molecule has 2 aromatic carbocycles. The molecule has 0 aliphatic carbocycles. The summed E-state index contributed by atoms with van der Waals surface area (Å²) in [6.45, 7) is 0.412. The zero-order valence-electron chi connectivity index (χ0n) is 21.6. The van der Waals surface area contributed by atoms with Gasteiger partial charge in [-0.3, -0.25) is 4.79 Å². The molecule has 1 saturated heterocycles. The van der Waals surface area contributed by atoms with Crippen LogP contribution in [0.1, 0.15) is 21.9 Å². The molecule has 0 unspecified atom stereocenters. The largest absolute Gasteiger partial charge is 0.451 e. The molecule has 42 heavy (non-hydrogen) atoms. The number of amides is 1. The molecule has 0 saturated carbocycles. The number of hydrogen-bond donors (Lipinski definition) is 2. The van der Waals surface area contributed by atoms with Crippen molar-refractivity contribution in [3.05, 3.63) is 87.9 Å². The predicted octanol–water partition coefficient (Wildman–Crippen LogP) is 3.53. The summed E-state index contributed by atoms with van der Waals surface area (Å²) in [5.74, 6) is -2.53. The van der Waals surface area contributed by atoms with Crippen LogP contribution in [-0.4, -0.2) is 70.5 Å². The van der Waals surface area contributed by atoms with Crippen LogP contribution in [0.3, 0.4) is 0 Å². The maximum absolute atomic E-state index is 14.1. The second-order valence-electron chi connectivity index (χ2n) is 9.32. The third kappa shape index (κ3) is 6.07. The van der Waals surface area contributed by atoms with Crippen molar-refractivity contribution in [2.75, 3.05) is 31.1 Å². The Labute approximate surface area is 237 Å². The van der Waals surface area contributed by atoms with Gasteiger partial charge in [0.25, 0.3) is 5.91 Å². The second kappa shape index (κ2) is 11.6. The zero-order valence-corrected chi connectivity index (χ0v) is 22.5. The number of aromatic nitrogens is 4. The minimum atomic E-state index is -4.87. The van der Waals surface area contributed by atoms with Crippen molar-refractivity contribution in [3.63, 3.8) is 0 Å². The van der Waals surface area contributed by atoms with E-state index in [0.717, 1.165) is 6.07 Å². The molecule has 1 fully saturated rings. The number of hydrogen-bond acceptors (Lipinski definition) is 9. The molecule has 1 N–H and O–H groups in total. The molecule has 3 heterocycles. The quantitative estimate of drug-likeness (QED) is 0.184. The molecular formula is C26H22F3N7O5S. The Morgan fingerprint density at radius 2 is 1.64 bits per heavy atom. The van der Waals surface area contributed by atoms with Gasteiger partial charge in [-0.15, -0.1) is 5.10 Å². The SMILES string of the molecule is O=C(c1cc([N+](=O)[O-])[nH]n1)N1CCN(c2nc(C(F)(F)F)nc(-c3ccc(C[SH](=O)=O)cc3)c2-c2ccccc2)CC1. The van der Waals surface area contributed by atoms with Crippen LogP contribution in [0, 0.1) is 10.1 Å². The topological polar surface area (TPSA) is 155 Å². The van der Waals surface area contributed by atoms with E-state index in [1.807, 2.05) is 0 Å². The Hall–Kier alpha value is -4.86. The summed E-state index contributed by atoms with van der Waals surface area (Å²) in [5, 5.41) is 16.8. The Balaban J connectivity index is 1.54. The molecule has 0 atom stereocenters. The number of thiol groups is 1. The first-order chi connectivity index (χ1) is 20.0. The van der Waals surface area contributed by atoms with E-state index in [0.29, 0.717) is 22.3 Å². The number of carbonyl (C=O) groups is 1. The van der Waals surface area contributed by atoms with Gasteiger partial charge in [0.15, 0.2) is 5.69 Å². The van der Waals surface area contributed by atoms with Crippen LogP contribution in [0.25, 0.3) is 22.4 Å². The van der Waals surface area contributed by atoms with E-state index in [9.17, 15) is 36.5 Å². The van der Waals surface area contributed by atoms with Crippen LogP contribution >= 0.6 is 0 Å². The minimum Gasteiger partial charge on any atom is -0.358 e. The van der Waals surface area contributed by atoms with E-state index in [-0.39, 0.29) is 49.1 Å². The minimum absolute atomic E-state index is 0.0129. The van der Waals surface area contributed by atoms with Crippen molar-refractivity contribution < 1.29 is 31.3 Å². The van der Waals surface area contributed by atoms with Crippen molar-refractivity contribution in [3.8, 4) is 22.4 Å². The summed E-state index contributed by atoms with van der Waals surface area (Å²) in [6.07, 6.45) is -4.87. The third-order valence-electron chi connectivity index (χ3n) is 6.59. The van der Waals surface area contributed by atoms with Crippen LogP contribution in [-0.2, 0) is 22.6 Å². The Kier molecular flexibility index (Phi) is 7.89. The molecule has 16 heteroatoms. The first-order valence-electron chi connectivity index (χ1n) is 12.5. The van der Waals surface area contributed by atoms with Crippen LogP contribution in [0.4, 0.5) is 24.8 Å². The summed E-state index contributed by atoms with van der Waals surface area (Å²) in [7, 11) is -2.69. The van der Waals surface area contributed by atoms with Crippen molar-refractivity contribution >= 4 is 28.2 Å². The van der Waals surface area contributed by atoms with E-state index in [1.165, 1.54) is 29.2 Å². The number of H-pyrrole nitrogens is 1. The summed E-state index contributed by atoms with van der Waals surface area (Å²) in [4.78, 5) is 34.0. The molecule has 1 aliphatic rings. The lowest BCUT2D eigenvalue weighted by Gasteiger charge is -2.36. The van der Waals surface area contributed by atoms with Gasteiger partial charge in [0.1, 0.15) is 16.5 Å². The van der Waals surface area contributed by atoms with Crippen molar-refractivity contribution in [1.29, 1.82) is 0 Å². The molecule has 1 aliphatic heterocycles. The summed E-state index contributed by atoms with van der Waals surface area (Å²) in [5.41, 5.74) is 1.58. The smallest absolute Gasteiger partial charge is 0.358 e. The molecule has 12 nitrogen and oxygen atoms in total. The van der Waals surface area contributed by atoms with Gasteiger partial charge in [0.2, 0.25) is 5.82 Å². The molecule has 5 rings (SSSR count). The normalized spacial score (nSPS) is 13.9. The van der Waals surface area contributed by atoms with Crippen LogP contribution in [0.5, 0.6) is 0 Å². The second-order valence-corrected chi connectivity index (χ2v) is 10.3. The molecule has 2 aromatic heterocycles. The molecule has 0 spiro atoms. The fourth-order valence-electron chi connectivity index (χ4n) is 4.60. The monoisotopic (exact) mass is 601 g/mol. The van der Waals surface area contributed by atoms with Crippen LogP contribution in [0.15, 0.2) is 60.7 Å². The number of nitrogens with zero attached hydrogens (tertiary/aromatic N) is 6. The first kappa shape index (κ1) is 28.7. The number of carbonyl (C=O) groups excluding carboxylic acids is 1. The summed E-state index contributed by atoms with van der Waals surface area (Å²) in [6, 6.07) is 15.8. The molecular weight excluding hydrogens is 579 g/mol. The molecule has 1 amide bonds. The van der Waals surface area contributed by atoms with Crippen LogP contribution < -0.4 is 4.90 Å². The van der Waals surface area contributed by atoms with Crippen molar-refractivity contribution in [2.24, 2.45) is 0 Å². The number of nitro groups is 1. The highest BCUT2D eigenvalue weighted by Crippen LogP contribution is 2.40. The Morgan fingerprint density at radius 3 is 2.21 bits per heavy atom. The zero-order chi connectivity index (χ0) is 30.0. The lowest BCUT2D eigenvalue weighted by atomic mass is 9.98. The number of alkyl halides is 3. The van der Waals surface area contributed by atoms with Gasteiger partial charge < -0.3 is 19.9 Å². The van der Waals surface area contributed by atoms with Crippen molar-refractivity contribution in [2.45, 2.75) is 11.9 Å². The average Bonchev–Trinajstić information content (AvgIpc) is 3.47. The highest BCUT2D eigenvalue weighted by Gasteiger charge is 2.38. The van der Waals surface area contributed by atoms with E-state index < -0.39 is 39.4 Å².